The van der Waals surface area contributed by atoms with Crippen LogP contribution in [0.2, 0.25) is 5.02 Å². The Morgan fingerprint density at radius 3 is 2.71 bits per heavy atom. The zero-order chi connectivity index (χ0) is 12.7. The van der Waals surface area contributed by atoms with Gasteiger partial charge in [-0.15, -0.1) is 0 Å². The molecule has 1 aromatic rings. The molecule has 17 heavy (non-hydrogen) atoms. The van der Waals surface area contributed by atoms with Crippen LogP contribution in [0.25, 0.3) is 0 Å². The maximum Gasteiger partial charge on any atom is 0.137 e. The molecule has 0 spiro atoms. The molecule has 0 fully saturated rings. The standard InChI is InChI=1S/C13H20ClNO2/c1-10(2)8-16-9-11-3-4-13(12(14)7-11)17-6-5-15/h3-4,7,10H,5-6,8-9,15H2,1-2H3. The largest absolute Gasteiger partial charge is 0.491 e. The number of benzene rings is 1. The summed E-state index contributed by atoms with van der Waals surface area (Å²) >= 11 is 6.09. The number of hydrogen-bond donors (Lipinski definition) is 1. The Bertz CT molecular complexity index is 342. The molecule has 0 atom stereocenters. The van der Waals surface area contributed by atoms with Gasteiger partial charge in [0, 0.05) is 13.2 Å². The van der Waals surface area contributed by atoms with Gasteiger partial charge in [-0.05, 0) is 23.6 Å². The van der Waals surface area contributed by atoms with Crippen LogP contribution < -0.4 is 10.5 Å². The third kappa shape index (κ3) is 5.39. The fourth-order valence-corrected chi connectivity index (χ4v) is 1.59. The molecule has 0 unspecified atom stereocenters. The summed E-state index contributed by atoms with van der Waals surface area (Å²) < 4.78 is 10.9. The fraction of sp³-hybridized carbons (Fsp3) is 0.538. The predicted molar refractivity (Wildman–Crippen MR) is 70.5 cm³/mol. The van der Waals surface area contributed by atoms with Crippen LogP contribution in [0.15, 0.2) is 18.2 Å². The van der Waals surface area contributed by atoms with Crippen molar-refractivity contribution in [3.05, 3.63) is 28.8 Å². The summed E-state index contributed by atoms with van der Waals surface area (Å²) in [6.45, 7) is 6.53. The molecular weight excluding hydrogens is 238 g/mol. The van der Waals surface area contributed by atoms with Gasteiger partial charge in [0.05, 0.1) is 11.6 Å². The van der Waals surface area contributed by atoms with E-state index in [9.17, 15) is 0 Å². The SMILES string of the molecule is CC(C)COCc1ccc(OCCN)c(Cl)c1. The van der Waals surface area contributed by atoms with E-state index in [0.717, 1.165) is 12.2 Å². The molecule has 0 saturated heterocycles. The van der Waals surface area contributed by atoms with Crippen molar-refractivity contribution in [3.8, 4) is 5.75 Å². The molecule has 0 radical (unpaired) electrons. The lowest BCUT2D eigenvalue weighted by molar-refractivity contribution is 0.0970. The average Bonchev–Trinajstić information content (AvgIpc) is 2.27. The van der Waals surface area contributed by atoms with Crippen molar-refractivity contribution < 1.29 is 9.47 Å². The fourth-order valence-electron chi connectivity index (χ4n) is 1.33. The Kier molecular flexibility index (Phi) is 6.34. The summed E-state index contributed by atoms with van der Waals surface area (Å²) in [4.78, 5) is 0. The lowest BCUT2D eigenvalue weighted by Crippen LogP contribution is -2.10. The van der Waals surface area contributed by atoms with Gasteiger partial charge in [0.1, 0.15) is 12.4 Å². The average molecular weight is 258 g/mol. The molecule has 0 amide bonds. The van der Waals surface area contributed by atoms with Crippen LogP contribution in [-0.2, 0) is 11.3 Å². The van der Waals surface area contributed by atoms with E-state index in [0.29, 0.717) is 36.4 Å². The van der Waals surface area contributed by atoms with E-state index in [2.05, 4.69) is 13.8 Å². The van der Waals surface area contributed by atoms with Gasteiger partial charge in [-0.1, -0.05) is 31.5 Å². The molecule has 1 rings (SSSR count). The number of nitrogens with two attached hydrogens (primary N) is 1. The molecule has 3 nitrogen and oxygen atoms in total. The summed E-state index contributed by atoms with van der Waals surface area (Å²) in [5.74, 6) is 1.21. The van der Waals surface area contributed by atoms with Gasteiger partial charge in [-0.2, -0.15) is 0 Å². The number of hydrogen-bond acceptors (Lipinski definition) is 3. The molecule has 4 heteroatoms. The first kappa shape index (κ1) is 14.3. The Labute approximate surface area is 108 Å². The molecule has 96 valence electrons. The van der Waals surface area contributed by atoms with Gasteiger partial charge in [0.25, 0.3) is 0 Å². The maximum atomic E-state index is 6.09. The molecule has 0 aliphatic heterocycles. The molecule has 1 aromatic carbocycles. The molecule has 0 aliphatic rings. The summed E-state index contributed by atoms with van der Waals surface area (Å²) in [5, 5.41) is 0.601. The van der Waals surface area contributed by atoms with E-state index in [1.165, 1.54) is 0 Å². The molecule has 0 saturated carbocycles. The second kappa shape index (κ2) is 7.54. The van der Waals surface area contributed by atoms with Crippen LogP contribution >= 0.6 is 11.6 Å². The highest BCUT2D eigenvalue weighted by molar-refractivity contribution is 6.32. The summed E-state index contributed by atoms with van der Waals surface area (Å²) in [6, 6.07) is 5.68. The zero-order valence-electron chi connectivity index (χ0n) is 10.4. The first-order valence-corrected chi connectivity index (χ1v) is 6.20. The monoisotopic (exact) mass is 257 g/mol. The van der Waals surface area contributed by atoms with Gasteiger partial charge in [0.15, 0.2) is 0 Å². The molecule has 0 aliphatic carbocycles. The molecule has 0 aromatic heterocycles. The van der Waals surface area contributed by atoms with Crippen LogP contribution in [-0.4, -0.2) is 19.8 Å². The van der Waals surface area contributed by atoms with E-state index < -0.39 is 0 Å². The van der Waals surface area contributed by atoms with Crippen molar-refractivity contribution in [2.45, 2.75) is 20.5 Å². The first-order chi connectivity index (χ1) is 8.13. The van der Waals surface area contributed by atoms with Crippen molar-refractivity contribution >= 4 is 11.6 Å². The summed E-state index contributed by atoms with van der Waals surface area (Å²) in [7, 11) is 0. The smallest absolute Gasteiger partial charge is 0.137 e. The normalized spacial score (nSPS) is 10.9. The van der Waals surface area contributed by atoms with Gasteiger partial charge >= 0.3 is 0 Å². The third-order valence-electron chi connectivity index (χ3n) is 2.09. The van der Waals surface area contributed by atoms with Gasteiger partial charge in [-0.25, -0.2) is 0 Å². The Hall–Kier alpha value is -0.770. The topological polar surface area (TPSA) is 44.5 Å². The van der Waals surface area contributed by atoms with Crippen molar-refractivity contribution in [2.75, 3.05) is 19.8 Å². The van der Waals surface area contributed by atoms with Crippen molar-refractivity contribution in [2.24, 2.45) is 11.7 Å². The molecular formula is C13H20ClNO2. The van der Waals surface area contributed by atoms with Crippen LogP contribution in [0.5, 0.6) is 5.75 Å². The van der Waals surface area contributed by atoms with E-state index >= 15 is 0 Å². The minimum absolute atomic E-state index is 0.475. The van der Waals surface area contributed by atoms with Crippen LogP contribution in [0, 0.1) is 5.92 Å². The Morgan fingerprint density at radius 1 is 1.35 bits per heavy atom. The van der Waals surface area contributed by atoms with Crippen molar-refractivity contribution in [1.82, 2.24) is 0 Å². The minimum Gasteiger partial charge on any atom is -0.491 e. The lowest BCUT2D eigenvalue weighted by atomic mass is 10.2. The van der Waals surface area contributed by atoms with Crippen LogP contribution in [0.3, 0.4) is 0 Å². The van der Waals surface area contributed by atoms with E-state index in [1.807, 2.05) is 18.2 Å². The van der Waals surface area contributed by atoms with Crippen LogP contribution in [0.4, 0.5) is 0 Å². The summed E-state index contributed by atoms with van der Waals surface area (Å²) in [6.07, 6.45) is 0. The maximum absolute atomic E-state index is 6.09. The second-order valence-corrected chi connectivity index (χ2v) is 4.72. The summed E-state index contributed by atoms with van der Waals surface area (Å²) in [5.41, 5.74) is 6.41. The van der Waals surface area contributed by atoms with E-state index in [1.54, 1.807) is 0 Å². The Balaban J connectivity index is 2.50. The van der Waals surface area contributed by atoms with Crippen LogP contribution in [0.1, 0.15) is 19.4 Å². The zero-order valence-corrected chi connectivity index (χ0v) is 11.2. The highest BCUT2D eigenvalue weighted by Crippen LogP contribution is 2.25. The molecule has 2 N–H and O–H groups in total. The number of ether oxygens (including phenoxy) is 2. The van der Waals surface area contributed by atoms with E-state index in [4.69, 9.17) is 26.8 Å². The Morgan fingerprint density at radius 2 is 2.12 bits per heavy atom. The van der Waals surface area contributed by atoms with E-state index in [-0.39, 0.29) is 0 Å². The first-order valence-electron chi connectivity index (χ1n) is 5.82. The number of halogens is 1. The molecule has 0 bridgehead atoms. The van der Waals surface area contributed by atoms with Gasteiger partial charge in [-0.3, -0.25) is 0 Å². The van der Waals surface area contributed by atoms with Crippen molar-refractivity contribution in [3.63, 3.8) is 0 Å². The quantitative estimate of drug-likeness (QED) is 0.817. The number of rotatable bonds is 7. The van der Waals surface area contributed by atoms with Gasteiger partial charge < -0.3 is 15.2 Å². The third-order valence-corrected chi connectivity index (χ3v) is 2.39. The van der Waals surface area contributed by atoms with Gasteiger partial charge in [0.2, 0.25) is 0 Å². The lowest BCUT2D eigenvalue weighted by Gasteiger charge is -2.10. The highest BCUT2D eigenvalue weighted by atomic mass is 35.5. The molecule has 0 heterocycles. The minimum atomic E-state index is 0.475. The van der Waals surface area contributed by atoms with Crippen molar-refractivity contribution in [1.29, 1.82) is 0 Å². The second-order valence-electron chi connectivity index (χ2n) is 4.31. The highest BCUT2D eigenvalue weighted by Gasteiger charge is 2.03. The predicted octanol–water partition coefficient (Wildman–Crippen LogP) is 2.85.